The van der Waals surface area contributed by atoms with Crippen LogP contribution in [0.15, 0.2) is 77.4 Å². The fraction of sp³-hybridized carbons (Fsp3) is 0.182. The molecule has 0 heterocycles. The third-order valence-corrected chi connectivity index (χ3v) is 3.73. The summed E-state index contributed by atoms with van der Waals surface area (Å²) in [6, 6.07) is 16.4. The molecular weight excluding hydrogens is 316 g/mol. The van der Waals surface area contributed by atoms with E-state index in [4.69, 9.17) is 16.3 Å². The Bertz CT molecular complexity index is 735. The molecule has 0 amide bonds. The van der Waals surface area contributed by atoms with Crippen molar-refractivity contribution in [2.24, 2.45) is 0 Å². The van der Waals surface area contributed by atoms with Gasteiger partial charge >= 0.3 is 0 Å². The highest BCUT2D eigenvalue weighted by Gasteiger charge is 1.95. The van der Waals surface area contributed by atoms with Crippen LogP contribution >= 0.6 is 11.6 Å². The van der Waals surface area contributed by atoms with Crippen molar-refractivity contribution in [1.82, 2.24) is 0 Å². The SMILES string of the molecule is C\C(=C/C(Cl)=C\C=C\c1ccc(C)cc1)COc1ccc(C)cc1. The van der Waals surface area contributed by atoms with Crippen molar-refractivity contribution < 1.29 is 4.74 Å². The molecule has 0 saturated heterocycles. The number of rotatable bonds is 6. The van der Waals surface area contributed by atoms with Crippen molar-refractivity contribution in [3.63, 3.8) is 0 Å². The minimum absolute atomic E-state index is 0.523. The van der Waals surface area contributed by atoms with E-state index in [0.717, 1.165) is 16.9 Å². The first kappa shape index (κ1) is 18.1. The summed E-state index contributed by atoms with van der Waals surface area (Å²) in [7, 11) is 0. The van der Waals surface area contributed by atoms with Crippen molar-refractivity contribution in [2.45, 2.75) is 20.8 Å². The first-order valence-corrected chi connectivity index (χ1v) is 8.38. The van der Waals surface area contributed by atoms with Crippen LogP contribution < -0.4 is 4.74 Å². The van der Waals surface area contributed by atoms with Crippen molar-refractivity contribution in [3.05, 3.63) is 94.1 Å². The quantitative estimate of drug-likeness (QED) is 0.549. The molecule has 2 aromatic rings. The maximum Gasteiger partial charge on any atom is 0.119 e. The molecule has 0 saturated carbocycles. The number of halogens is 1. The fourth-order valence-electron chi connectivity index (χ4n) is 2.09. The number of hydrogen-bond acceptors (Lipinski definition) is 1. The van der Waals surface area contributed by atoms with Gasteiger partial charge in [-0.3, -0.25) is 0 Å². The van der Waals surface area contributed by atoms with Crippen molar-refractivity contribution in [1.29, 1.82) is 0 Å². The summed E-state index contributed by atoms with van der Waals surface area (Å²) in [6.45, 7) is 6.67. The summed E-state index contributed by atoms with van der Waals surface area (Å²) in [5, 5.41) is 0.684. The molecule has 0 atom stereocenters. The second-order valence-electron chi connectivity index (χ2n) is 5.91. The van der Waals surface area contributed by atoms with E-state index in [1.807, 2.05) is 55.5 Å². The standard InChI is InChI=1S/C22H23ClO/c1-17-7-11-20(12-8-17)5-4-6-21(23)15-19(3)16-24-22-13-9-18(2)10-14-22/h4-15H,16H2,1-3H3/b5-4+,19-15+,21-6+. The van der Waals surface area contributed by atoms with Gasteiger partial charge in [0.25, 0.3) is 0 Å². The van der Waals surface area contributed by atoms with Crippen molar-refractivity contribution in [2.75, 3.05) is 6.61 Å². The van der Waals surface area contributed by atoms with Crippen LogP contribution in [0.5, 0.6) is 5.75 Å². The Kier molecular flexibility index (Phi) is 6.89. The van der Waals surface area contributed by atoms with E-state index in [1.54, 1.807) is 0 Å². The van der Waals surface area contributed by atoms with Gasteiger partial charge in [0.1, 0.15) is 12.4 Å². The van der Waals surface area contributed by atoms with Gasteiger partial charge in [-0.15, -0.1) is 0 Å². The molecule has 0 aliphatic rings. The molecule has 0 radical (unpaired) electrons. The Morgan fingerprint density at radius 2 is 1.54 bits per heavy atom. The van der Waals surface area contributed by atoms with Gasteiger partial charge in [0.2, 0.25) is 0 Å². The van der Waals surface area contributed by atoms with Crippen molar-refractivity contribution in [3.8, 4) is 5.75 Å². The normalized spacial score (nSPS) is 12.7. The number of ether oxygens (including phenoxy) is 1. The number of aryl methyl sites for hydroxylation is 2. The zero-order valence-corrected chi connectivity index (χ0v) is 15.2. The van der Waals surface area contributed by atoms with Crippen LogP contribution in [0.1, 0.15) is 23.6 Å². The van der Waals surface area contributed by atoms with Gasteiger partial charge in [-0.25, -0.2) is 0 Å². The van der Waals surface area contributed by atoms with Crippen LogP contribution in [-0.4, -0.2) is 6.61 Å². The number of hydrogen-bond donors (Lipinski definition) is 0. The molecule has 0 bridgehead atoms. The number of allylic oxidation sites excluding steroid dienone is 4. The van der Waals surface area contributed by atoms with E-state index in [2.05, 4.69) is 38.1 Å². The fourth-order valence-corrected chi connectivity index (χ4v) is 2.34. The summed E-state index contributed by atoms with van der Waals surface area (Å²) in [5.74, 6) is 0.868. The van der Waals surface area contributed by atoms with Crippen LogP contribution in [-0.2, 0) is 0 Å². The van der Waals surface area contributed by atoms with E-state index >= 15 is 0 Å². The first-order chi connectivity index (χ1) is 11.5. The van der Waals surface area contributed by atoms with Gasteiger partial charge in [0.15, 0.2) is 0 Å². The van der Waals surface area contributed by atoms with E-state index in [1.165, 1.54) is 11.1 Å². The average Bonchev–Trinajstić information content (AvgIpc) is 2.56. The predicted molar refractivity (Wildman–Crippen MR) is 105 cm³/mol. The molecule has 0 spiro atoms. The maximum atomic E-state index is 6.25. The molecule has 0 aliphatic heterocycles. The third-order valence-electron chi connectivity index (χ3n) is 3.49. The van der Waals surface area contributed by atoms with E-state index in [9.17, 15) is 0 Å². The van der Waals surface area contributed by atoms with Crippen LogP contribution in [0.3, 0.4) is 0 Å². The lowest BCUT2D eigenvalue weighted by Gasteiger charge is -2.06. The van der Waals surface area contributed by atoms with E-state index in [-0.39, 0.29) is 0 Å². The zero-order valence-electron chi connectivity index (χ0n) is 14.4. The molecule has 2 aromatic carbocycles. The van der Waals surface area contributed by atoms with Gasteiger partial charge in [-0.05, 0) is 56.2 Å². The Hall–Kier alpha value is -2.25. The Balaban J connectivity index is 1.88. The average molecular weight is 339 g/mol. The van der Waals surface area contributed by atoms with Gasteiger partial charge in [-0.1, -0.05) is 71.3 Å². The van der Waals surface area contributed by atoms with Gasteiger partial charge in [0, 0.05) is 5.03 Å². The number of benzene rings is 2. The highest BCUT2D eigenvalue weighted by atomic mass is 35.5. The molecule has 0 fully saturated rings. The maximum absolute atomic E-state index is 6.25. The molecule has 124 valence electrons. The van der Waals surface area contributed by atoms with Gasteiger partial charge < -0.3 is 4.74 Å². The lowest BCUT2D eigenvalue weighted by molar-refractivity contribution is 0.352. The van der Waals surface area contributed by atoms with Crippen LogP contribution in [0.2, 0.25) is 0 Å². The second kappa shape index (κ2) is 9.14. The molecule has 2 heteroatoms. The van der Waals surface area contributed by atoms with Gasteiger partial charge in [0.05, 0.1) is 0 Å². The third kappa shape index (κ3) is 6.47. The molecule has 0 aliphatic carbocycles. The minimum Gasteiger partial charge on any atom is -0.489 e. The van der Waals surface area contributed by atoms with Gasteiger partial charge in [-0.2, -0.15) is 0 Å². The Morgan fingerprint density at radius 1 is 0.958 bits per heavy atom. The highest BCUT2D eigenvalue weighted by molar-refractivity contribution is 6.31. The first-order valence-electron chi connectivity index (χ1n) is 8.00. The molecule has 0 unspecified atom stereocenters. The molecule has 0 aromatic heterocycles. The van der Waals surface area contributed by atoms with Crippen LogP contribution in [0, 0.1) is 13.8 Å². The monoisotopic (exact) mass is 338 g/mol. The van der Waals surface area contributed by atoms with E-state index < -0.39 is 0 Å². The lowest BCUT2D eigenvalue weighted by Crippen LogP contribution is -1.98. The molecular formula is C22H23ClO. The van der Waals surface area contributed by atoms with Crippen LogP contribution in [0.25, 0.3) is 6.08 Å². The zero-order chi connectivity index (χ0) is 17.4. The summed E-state index contributed by atoms with van der Waals surface area (Å²) in [4.78, 5) is 0. The summed E-state index contributed by atoms with van der Waals surface area (Å²) in [6.07, 6.45) is 7.80. The molecule has 1 nitrogen and oxygen atoms in total. The molecule has 24 heavy (non-hydrogen) atoms. The largest absolute Gasteiger partial charge is 0.489 e. The second-order valence-corrected chi connectivity index (χ2v) is 6.35. The summed E-state index contributed by atoms with van der Waals surface area (Å²) >= 11 is 6.25. The lowest BCUT2D eigenvalue weighted by atomic mass is 10.1. The predicted octanol–water partition coefficient (Wildman–Crippen LogP) is 6.46. The Morgan fingerprint density at radius 3 is 2.17 bits per heavy atom. The van der Waals surface area contributed by atoms with Crippen LogP contribution in [0.4, 0.5) is 0 Å². The smallest absolute Gasteiger partial charge is 0.119 e. The van der Waals surface area contributed by atoms with E-state index in [0.29, 0.717) is 11.6 Å². The summed E-state index contributed by atoms with van der Waals surface area (Å²) < 4.78 is 5.74. The molecule has 0 N–H and O–H groups in total. The highest BCUT2D eigenvalue weighted by Crippen LogP contribution is 2.14. The molecule has 2 rings (SSSR count). The summed E-state index contributed by atoms with van der Waals surface area (Å²) in [5.41, 5.74) is 4.71. The van der Waals surface area contributed by atoms with Crippen molar-refractivity contribution >= 4 is 17.7 Å². The topological polar surface area (TPSA) is 9.23 Å². The minimum atomic E-state index is 0.523. The Labute approximate surface area is 149 Å².